The summed E-state index contributed by atoms with van der Waals surface area (Å²) in [7, 11) is 1.63. The molecule has 3 N–H and O–H groups in total. The monoisotopic (exact) mass is 426 g/mol. The Morgan fingerprint density at radius 1 is 1.00 bits per heavy atom. The first-order valence-electron chi connectivity index (χ1n) is 10.0. The van der Waals surface area contributed by atoms with Gasteiger partial charge in [-0.25, -0.2) is 0 Å². The minimum Gasteiger partial charge on any atom is -0.352 e. The molecule has 0 atom stereocenters. The van der Waals surface area contributed by atoms with Crippen LogP contribution in [0.1, 0.15) is 28.7 Å². The van der Waals surface area contributed by atoms with Crippen molar-refractivity contribution >= 4 is 28.6 Å². The molecule has 0 unspecified atom stereocenters. The third kappa shape index (κ3) is 4.70. The fraction of sp³-hybridized carbons (Fsp3) is 0.125. The summed E-state index contributed by atoms with van der Waals surface area (Å²) in [6, 6.07) is 15.2. The highest BCUT2D eigenvalue weighted by Gasteiger charge is 2.12. The second-order valence-electron chi connectivity index (χ2n) is 7.21. The molecule has 0 aliphatic heterocycles. The number of rotatable bonds is 5. The van der Waals surface area contributed by atoms with Gasteiger partial charge >= 0.3 is 0 Å². The zero-order valence-corrected chi connectivity index (χ0v) is 17.7. The Balaban J connectivity index is 1.56. The zero-order chi connectivity index (χ0) is 22.5. The van der Waals surface area contributed by atoms with Crippen LogP contribution in [0.15, 0.2) is 72.1 Å². The van der Waals surface area contributed by atoms with Crippen LogP contribution >= 0.6 is 0 Å². The number of hydrogen-bond donors (Lipinski definition) is 3. The molecule has 4 aromatic rings. The minimum atomic E-state index is -0.243. The van der Waals surface area contributed by atoms with E-state index in [1.165, 1.54) is 6.92 Å². The molecule has 0 aliphatic carbocycles. The molecule has 0 saturated heterocycles. The molecule has 8 heteroatoms. The maximum Gasteiger partial charge on any atom is 0.270 e. The number of carbonyl (C=O) groups excluding carboxylic acids is 2. The van der Waals surface area contributed by atoms with Crippen LogP contribution in [0.25, 0.3) is 22.0 Å². The molecule has 0 saturated carbocycles. The summed E-state index contributed by atoms with van der Waals surface area (Å²) in [5.74, 6) is 0.0524. The van der Waals surface area contributed by atoms with Crippen molar-refractivity contribution in [3.05, 3.63) is 84.1 Å². The largest absolute Gasteiger partial charge is 0.352 e. The number of hydrogen-bond acceptors (Lipinski definition) is 5. The van der Waals surface area contributed by atoms with Crippen molar-refractivity contribution in [2.75, 3.05) is 7.05 Å². The molecule has 4 rings (SSSR count). The Hall–Kier alpha value is -4.33. The van der Waals surface area contributed by atoms with Crippen molar-refractivity contribution in [1.29, 1.82) is 0 Å². The van der Waals surface area contributed by atoms with Crippen LogP contribution in [-0.2, 0) is 11.3 Å². The van der Waals surface area contributed by atoms with Gasteiger partial charge in [-0.1, -0.05) is 6.07 Å². The highest BCUT2D eigenvalue weighted by Crippen LogP contribution is 2.25. The molecular formula is C24H22N6O2. The lowest BCUT2D eigenvalue weighted by atomic mass is 10.0. The summed E-state index contributed by atoms with van der Waals surface area (Å²) in [4.78, 5) is 39.6. The van der Waals surface area contributed by atoms with E-state index in [1.807, 2.05) is 42.5 Å². The number of fused-ring (bicyclic) bond motifs is 1. The van der Waals surface area contributed by atoms with Crippen LogP contribution in [0.5, 0.6) is 0 Å². The Labute approximate surface area is 184 Å². The van der Waals surface area contributed by atoms with E-state index < -0.39 is 0 Å². The van der Waals surface area contributed by atoms with Crippen molar-refractivity contribution in [3.63, 3.8) is 0 Å². The Morgan fingerprint density at radius 2 is 1.78 bits per heavy atom. The van der Waals surface area contributed by atoms with Gasteiger partial charge in [0, 0.05) is 50.0 Å². The number of aromatic nitrogens is 3. The van der Waals surface area contributed by atoms with E-state index >= 15 is 0 Å². The van der Waals surface area contributed by atoms with Crippen LogP contribution in [0.3, 0.4) is 0 Å². The molecule has 0 radical (unpaired) electrons. The molecule has 0 fully saturated rings. The van der Waals surface area contributed by atoms with E-state index in [4.69, 9.17) is 0 Å². The van der Waals surface area contributed by atoms with Gasteiger partial charge in [-0.05, 0) is 59.2 Å². The molecule has 1 aromatic carbocycles. The van der Waals surface area contributed by atoms with Gasteiger partial charge in [-0.2, -0.15) is 0 Å². The summed E-state index contributed by atoms with van der Waals surface area (Å²) in [6.07, 6.45) is 5.00. The van der Waals surface area contributed by atoms with E-state index in [2.05, 4.69) is 30.6 Å². The molecule has 3 aromatic heterocycles. The smallest absolute Gasteiger partial charge is 0.270 e. The first kappa shape index (κ1) is 20.9. The fourth-order valence-corrected chi connectivity index (χ4v) is 3.36. The maximum atomic E-state index is 12.6. The average molecular weight is 426 g/mol. The number of pyridine rings is 2. The molecule has 0 bridgehead atoms. The van der Waals surface area contributed by atoms with Crippen LogP contribution in [0, 0.1) is 0 Å². The quantitative estimate of drug-likeness (QED) is 0.336. The van der Waals surface area contributed by atoms with E-state index in [0.29, 0.717) is 18.1 Å². The number of amidine groups is 1. The lowest BCUT2D eigenvalue weighted by Crippen LogP contribution is -2.29. The number of benzene rings is 1. The van der Waals surface area contributed by atoms with Gasteiger partial charge in [0.1, 0.15) is 5.69 Å². The number of carbonyl (C=O) groups is 2. The molecule has 8 nitrogen and oxygen atoms in total. The van der Waals surface area contributed by atoms with Crippen molar-refractivity contribution in [2.24, 2.45) is 4.99 Å². The summed E-state index contributed by atoms with van der Waals surface area (Å²) in [5.41, 5.74) is 4.78. The molecule has 160 valence electrons. The van der Waals surface area contributed by atoms with Crippen molar-refractivity contribution < 1.29 is 9.59 Å². The summed E-state index contributed by atoms with van der Waals surface area (Å²) in [6.45, 7) is 1.85. The Bertz CT molecular complexity index is 1310. The first-order valence-corrected chi connectivity index (χ1v) is 10.0. The standard InChI is InChI=1S/C24H22N6O2/c1-15(31)29-23(25-2)21-13-19-11-17(3-4-20(19)30-21)18-7-10-27-22(12-18)24(32)28-14-16-5-8-26-9-6-16/h3-13,30H,14H2,1-2H3,(H,28,32)(H,25,29,31). The number of nitrogens with zero attached hydrogens (tertiary/aromatic N) is 3. The van der Waals surface area contributed by atoms with Crippen molar-refractivity contribution in [1.82, 2.24) is 25.6 Å². The predicted molar refractivity (Wildman–Crippen MR) is 123 cm³/mol. The molecular weight excluding hydrogens is 404 g/mol. The van der Waals surface area contributed by atoms with Gasteiger partial charge in [0.15, 0.2) is 5.84 Å². The fourth-order valence-electron chi connectivity index (χ4n) is 3.36. The van der Waals surface area contributed by atoms with E-state index in [0.717, 1.165) is 33.3 Å². The zero-order valence-electron chi connectivity index (χ0n) is 17.7. The Kier molecular flexibility index (Phi) is 6.03. The average Bonchev–Trinajstić information content (AvgIpc) is 3.25. The van der Waals surface area contributed by atoms with E-state index in [9.17, 15) is 9.59 Å². The first-order chi connectivity index (χ1) is 15.5. The second kappa shape index (κ2) is 9.22. The van der Waals surface area contributed by atoms with E-state index in [-0.39, 0.29) is 11.8 Å². The van der Waals surface area contributed by atoms with Crippen LogP contribution in [0.2, 0.25) is 0 Å². The third-order valence-electron chi connectivity index (χ3n) is 4.92. The summed E-state index contributed by atoms with van der Waals surface area (Å²) < 4.78 is 0. The van der Waals surface area contributed by atoms with Crippen LogP contribution in [0.4, 0.5) is 0 Å². The SMILES string of the molecule is C/N=C(\NC(C)=O)c1cc2cc(-c3ccnc(C(=O)NCc4ccncc4)c3)ccc2[nH]1. The second-order valence-corrected chi connectivity index (χ2v) is 7.21. The molecule has 32 heavy (non-hydrogen) atoms. The van der Waals surface area contributed by atoms with Gasteiger partial charge in [0.2, 0.25) is 5.91 Å². The van der Waals surface area contributed by atoms with Crippen molar-refractivity contribution in [3.8, 4) is 11.1 Å². The predicted octanol–water partition coefficient (Wildman–Crippen LogP) is 3.07. The van der Waals surface area contributed by atoms with E-state index in [1.54, 1.807) is 31.7 Å². The lowest BCUT2D eigenvalue weighted by molar-refractivity contribution is -0.117. The number of aromatic amines is 1. The van der Waals surface area contributed by atoms with Crippen molar-refractivity contribution in [2.45, 2.75) is 13.5 Å². The number of amides is 2. The highest BCUT2D eigenvalue weighted by atomic mass is 16.2. The molecule has 0 spiro atoms. The Morgan fingerprint density at radius 3 is 2.53 bits per heavy atom. The molecule has 0 aliphatic rings. The van der Waals surface area contributed by atoms with Gasteiger partial charge in [0.25, 0.3) is 5.91 Å². The van der Waals surface area contributed by atoms with Crippen LogP contribution < -0.4 is 10.6 Å². The lowest BCUT2D eigenvalue weighted by Gasteiger charge is -2.07. The topological polar surface area (TPSA) is 112 Å². The third-order valence-corrected chi connectivity index (χ3v) is 4.92. The normalized spacial score (nSPS) is 11.4. The van der Waals surface area contributed by atoms with Gasteiger partial charge in [0.05, 0.1) is 5.69 Å². The number of aliphatic imine (C=N–C) groups is 1. The van der Waals surface area contributed by atoms with Gasteiger partial charge in [-0.15, -0.1) is 0 Å². The number of nitrogens with one attached hydrogen (secondary N) is 3. The van der Waals surface area contributed by atoms with Crippen LogP contribution in [-0.4, -0.2) is 39.6 Å². The summed E-state index contributed by atoms with van der Waals surface area (Å²) >= 11 is 0. The molecule has 2 amide bonds. The van der Waals surface area contributed by atoms with Gasteiger partial charge < -0.3 is 15.6 Å². The molecule has 3 heterocycles. The van der Waals surface area contributed by atoms with Gasteiger partial charge in [-0.3, -0.25) is 24.5 Å². The number of H-pyrrole nitrogens is 1. The highest BCUT2D eigenvalue weighted by molar-refractivity contribution is 6.08. The minimum absolute atomic E-state index is 0.184. The summed E-state index contributed by atoms with van der Waals surface area (Å²) in [5, 5.41) is 6.56. The maximum absolute atomic E-state index is 12.6.